The number of hydrogen-bond donors (Lipinski definition) is 0. The first kappa shape index (κ1) is 13.5. The van der Waals surface area contributed by atoms with Crippen molar-refractivity contribution in [2.45, 2.75) is 34.1 Å². The average molecular weight is 226 g/mol. The Morgan fingerprint density at radius 1 is 0.882 bits per heavy atom. The van der Waals surface area contributed by atoms with Crippen molar-refractivity contribution < 1.29 is 0 Å². The summed E-state index contributed by atoms with van der Waals surface area (Å²) in [4.78, 5) is 0. The van der Waals surface area contributed by atoms with Crippen molar-refractivity contribution in [3.63, 3.8) is 0 Å². The van der Waals surface area contributed by atoms with Crippen LogP contribution < -0.4 is 0 Å². The second kappa shape index (κ2) is 6.90. The van der Waals surface area contributed by atoms with Gasteiger partial charge in [0.2, 0.25) is 0 Å². The first-order valence-electron chi connectivity index (χ1n) is 6.37. The van der Waals surface area contributed by atoms with E-state index in [-0.39, 0.29) is 0 Å². The Labute approximate surface area is 105 Å². The smallest absolute Gasteiger partial charge is 0.00883 e. The summed E-state index contributed by atoms with van der Waals surface area (Å²) in [7, 11) is 0. The number of allylic oxidation sites excluding steroid dienone is 6. The molecular weight excluding hydrogens is 204 g/mol. The highest BCUT2D eigenvalue weighted by Crippen LogP contribution is 2.22. The lowest BCUT2D eigenvalue weighted by atomic mass is 10.0. The Morgan fingerprint density at radius 2 is 1.53 bits per heavy atom. The molecule has 0 aromatic heterocycles. The first-order valence-corrected chi connectivity index (χ1v) is 6.37. The van der Waals surface area contributed by atoms with Gasteiger partial charge in [-0.15, -0.1) is 0 Å². The fourth-order valence-electron chi connectivity index (χ4n) is 1.71. The maximum atomic E-state index is 2.23. The maximum absolute atomic E-state index is 2.23. The third-order valence-corrected chi connectivity index (χ3v) is 2.69. The molecule has 0 saturated carbocycles. The minimum Gasteiger partial charge on any atom is -0.0798 e. The van der Waals surface area contributed by atoms with Crippen molar-refractivity contribution in [2.24, 2.45) is 0 Å². The van der Waals surface area contributed by atoms with Crippen LogP contribution in [0.3, 0.4) is 0 Å². The molecule has 90 valence electrons. The van der Waals surface area contributed by atoms with Gasteiger partial charge in [0, 0.05) is 0 Å². The van der Waals surface area contributed by atoms with Crippen LogP contribution in [0.5, 0.6) is 0 Å². The van der Waals surface area contributed by atoms with E-state index in [0.29, 0.717) is 0 Å². The third-order valence-electron chi connectivity index (χ3n) is 2.69. The second-order valence-electron chi connectivity index (χ2n) is 4.08. The van der Waals surface area contributed by atoms with E-state index in [1.165, 1.54) is 22.3 Å². The molecule has 0 radical (unpaired) electrons. The zero-order valence-corrected chi connectivity index (χ0v) is 11.3. The monoisotopic (exact) mass is 226 g/mol. The van der Waals surface area contributed by atoms with Crippen LogP contribution in [-0.2, 0) is 0 Å². The largest absolute Gasteiger partial charge is 0.0798 e. The van der Waals surface area contributed by atoms with Crippen molar-refractivity contribution in [1.82, 2.24) is 0 Å². The molecule has 0 bridgehead atoms. The van der Waals surface area contributed by atoms with Crippen LogP contribution in [0.25, 0.3) is 5.57 Å². The molecule has 0 heterocycles. The lowest BCUT2D eigenvalue weighted by Crippen LogP contribution is -1.82. The number of benzene rings is 1. The van der Waals surface area contributed by atoms with E-state index >= 15 is 0 Å². The van der Waals surface area contributed by atoms with Crippen LogP contribution in [0, 0.1) is 6.92 Å². The van der Waals surface area contributed by atoms with Gasteiger partial charge in [0.05, 0.1) is 0 Å². The molecule has 1 aliphatic carbocycles. The van der Waals surface area contributed by atoms with Gasteiger partial charge in [0.25, 0.3) is 0 Å². The molecular formula is C17H22. The normalized spacial score (nSPS) is 14.1. The number of hydrogen-bond acceptors (Lipinski definition) is 0. The zero-order valence-electron chi connectivity index (χ0n) is 11.3. The molecule has 1 aromatic rings. The topological polar surface area (TPSA) is 0 Å². The van der Waals surface area contributed by atoms with E-state index in [1.54, 1.807) is 0 Å². The van der Waals surface area contributed by atoms with Crippen LogP contribution in [-0.4, -0.2) is 0 Å². The minimum atomic E-state index is 1.02. The van der Waals surface area contributed by atoms with E-state index in [9.17, 15) is 0 Å². The summed E-state index contributed by atoms with van der Waals surface area (Å²) < 4.78 is 0. The van der Waals surface area contributed by atoms with Gasteiger partial charge in [-0.05, 0) is 31.4 Å². The molecule has 0 fully saturated rings. The maximum Gasteiger partial charge on any atom is -0.00883 e. The fourth-order valence-corrected chi connectivity index (χ4v) is 1.71. The first-order chi connectivity index (χ1) is 8.25. The van der Waals surface area contributed by atoms with E-state index in [2.05, 4.69) is 62.4 Å². The molecule has 0 unspecified atom stereocenters. The number of rotatable bonds is 1. The molecule has 1 aromatic carbocycles. The Hall–Kier alpha value is -1.56. The molecule has 0 heteroatoms. The molecule has 0 spiro atoms. The summed E-state index contributed by atoms with van der Waals surface area (Å²) in [6.45, 7) is 8.25. The van der Waals surface area contributed by atoms with Crippen molar-refractivity contribution in [3.05, 3.63) is 65.3 Å². The van der Waals surface area contributed by atoms with Crippen molar-refractivity contribution >= 4 is 5.57 Å². The Bertz CT molecular complexity index is 428. The average Bonchev–Trinajstić information content (AvgIpc) is 2.58. The Kier molecular flexibility index (Phi) is 5.48. The van der Waals surface area contributed by atoms with E-state index in [1.807, 2.05) is 13.8 Å². The molecule has 0 amide bonds. The summed E-state index contributed by atoms with van der Waals surface area (Å²) in [6.07, 6.45) is 9.83. The zero-order chi connectivity index (χ0) is 12.7. The fraction of sp³-hybridized carbons (Fsp3) is 0.294. The van der Waals surface area contributed by atoms with Gasteiger partial charge in [0.15, 0.2) is 0 Å². The molecule has 17 heavy (non-hydrogen) atoms. The van der Waals surface area contributed by atoms with Gasteiger partial charge < -0.3 is 0 Å². The summed E-state index contributed by atoms with van der Waals surface area (Å²) >= 11 is 0. The molecule has 2 rings (SSSR count). The lowest BCUT2D eigenvalue weighted by molar-refractivity contribution is 1.37. The second-order valence-corrected chi connectivity index (χ2v) is 4.08. The standard InChI is InChI=1S/C15H16.C2H6/c1-12-4-3-5-14(9-6-12)15-10-7-13(2)8-11-15;1-2/h3-4,6-11H,5H2,1-2H3;1-2H3. The molecule has 1 aliphatic rings. The summed E-state index contributed by atoms with van der Waals surface area (Å²) in [5.74, 6) is 0. The molecule has 0 atom stereocenters. The SMILES string of the molecule is CC.CC1=CC=C(c2ccc(C)cc2)CC=C1. The van der Waals surface area contributed by atoms with E-state index < -0.39 is 0 Å². The van der Waals surface area contributed by atoms with Crippen molar-refractivity contribution in [3.8, 4) is 0 Å². The van der Waals surface area contributed by atoms with Crippen molar-refractivity contribution in [2.75, 3.05) is 0 Å². The van der Waals surface area contributed by atoms with Gasteiger partial charge in [-0.1, -0.05) is 73.6 Å². The van der Waals surface area contributed by atoms with Gasteiger partial charge in [-0.3, -0.25) is 0 Å². The molecule has 0 nitrogen and oxygen atoms in total. The van der Waals surface area contributed by atoms with Crippen LogP contribution in [0.4, 0.5) is 0 Å². The third kappa shape index (κ3) is 4.07. The minimum absolute atomic E-state index is 1.02. The predicted molar refractivity (Wildman–Crippen MR) is 78.0 cm³/mol. The van der Waals surface area contributed by atoms with E-state index in [0.717, 1.165) is 6.42 Å². The van der Waals surface area contributed by atoms with E-state index in [4.69, 9.17) is 0 Å². The highest BCUT2D eigenvalue weighted by atomic mass is 14.1. The quantitative estimate of drug-likeness (QED) is 0.608. The van der Waals surface area contributed by atoms with Crippen LogP contribution >= 0.6 is 0 Å². The van der Waals surface area contributed by atoms with Gasteiger partial charge in [-0.25, -0.2) is 0 Å². The van der Waals surface area contributed by atoms with Crippen LogP contribution in [0.15, 0.2) is 54.1 Å². The Morgan fingerprint density at radius 3 is 2.18 bits per heavy atom. The molecule has 0 N–H and O–H groups in total. The molecule has 0 saturated heterocycles. The lowest BCUT2D eigenvalue weighted by Gasteiger charge is -2.04. The van der Waals surface area contributed by atoms with Gasteiger partial charge in [0.1, 0.15) is 0 Å². The number of aryl methyl sites for hydroxylation is 1. The summed E-state index contributed by atoms with van der Waals surface area (Å²) in [5, 5.41) is 0. The van der Waals surface area contributed by atoms with Gasteiger partial charge in [-0.2, -0.15) is 0 Å². The van der Waals surface area contributed by atoms with Crippen LogP contribution in [0.1, 0.15) is 38.3 Å². The predicted octanol–water partition coefficient (Wildman–Crippen LogP) is 5.31. The summed E-state index contributed by atoms with van der Waals surface area (Å²) in [5.41, 5.74) is 5.35. The highest BCUT2D eigenvalue weighted by Gasteiger charge is 2.00. The summed E-state index contributed by atoms with van der Waals surface area (Å²) in [6, 6.07) is 8.73. The highest BCUT2D eigenvalue weighted by molar-refractivity contribution is 5.69. The van der Waals surface area contributed by atoms with Gasteiger partial charge >= 0.3 is 0 Å². The molecule has 0 aliphatic heterocycles. The van der Waals surface area contributed by atoms with Crippen LogP contribution in [0.2, 0.25) is 0 Å². The Balaban J connectivity index is 0.000000686. The van der Waals surface area contributed by atoms with Crippen molar-refractivity contribution in [1.29, 1.82) is 0 Å².